The fraction of sp³-hybridized carbons (Fsp3) is 0.871. The molecule has 0 unspecified atom stereocenters. The summed E-state index contributed by atoms with van der Waals surface area (Å²) in [6.45, 7) is 31.1. The predicted octanol–water partition coefficient (Wildman–Crippen LogP) is 12.8. The van der Waals surface area contributed by atoms with E-state index < -0.39 is 180 Å². The Bertz CT molecular complexity index is 3040. The van der Waals surface area contributed by atoms with Gasteiger partial charge in [0, 0.05) is 47.4 Å². The number of hydrogen-bond donors (Lipinski definition) is 10. The number of ether oxygens (including phenoxy) is 6. The maximum atomic E-state index is 14.2. The summed E-state index contributed by atoms with van der Waals surface area (Å²) >= 11 is -10.5. The molecule has 5 aliphatic carbocycles. The quantitative estimate of drug-likeness (QED) is 0.0205. The Balaban J connectivity index is -0.00000121. The molecule has 42 heteroatoms. The van der Waals surface area contributed by atoms with E-state index >= 15 is 0 Å². The molecule has 5 fully saturated rings. The molecule has 0 saturated heterocycles. The Morgan fingerprint density at radius 1 is 0.500 bits per heavy atom. The molecule has 12 N–H and O–H groups in total. The molecule has 0 spiro atoms. The molecule has 5 rings (SSSR count). The summed E-state index contributed by atoms with van der Waals surface area (Å²) in [7, 11) is 0. The molecule has 0 aromatic rings. The van der Waals surface area contributed by atoms with Crippen molar-refractivity contribution in [3.05, 3.63) is 28.3 Å². The summed E-state index contributed by atoms with van der Waals surface area (Å²) in [5.41, 5.74) is 22.9. The fourth-order valence-corrected chi connectivity index (χ4v) is 9.91. The van der Waals surface area contributed by atoms with Gasteiger partial charge in [0.1, 0.15) is 45.7 Å². The second-order valence-electron chi connectivity index (χ2n) is 30.5. The van der Waals surface area contributed by atoms with E-state index in [1.807, 2.05) is 0 Å². The van der Waals surface area contributed by atoms with Gasteiger partial charge < -0.3 is 89.4 Å². The predicted molar refractivity (Wildman–Crippen MR) is 363 cm³/mol. The third-order valence-corrected chi connectivity index (χ3v) is 13.7. The van der Waals surface area contributed by atoms with Gasteiger partial charge in [-0.1, -0.05) is 16.6 Å². The van der Waals surface area contributed by atoms with E-state index in [1.165, 1.54) is 0 Å². The number of nitrogens with zero attached hydrogens (tertiary/aromatic N) is 6. The number of amides is 6. The van der Waals surface area contributed by atoms with Crippen LogP contribution in [0.5, 0.6) is 0 Å². The van der Waals surface area contributed by atoms with Crippen molar-refractivity contribution in [2.75, 3.05) is 6.26 Å². The Morgan fingerprint density at radius 3 is 1.22 bits per heavy atom. The van der Waals surface area contributed by atoms with Gasteiger partial charge in [-0.25, -0.2) is 46.3 Å². The minimum atomic E-state index is -5.86. The van der Waals surface area contributed by atoms with Crippen LogP contribution in [0.4, 0.5) is 58.0 Å². The minimum absolute atomic E-state index is 0. The number of aliphatic hydroxyl groups excluding tert-OH is 2. The number of ketones is 1. The van der Waals surface area contributed by atoms with E-state index in [1.54, 1.807) is 125 Å². The Hall–Kier alpha value is -6.57. The van der Waals surface area contributed by atoms with E-state index in [0.717, 1.165) is 12.8 Å². The number of alkyl carbamates (subject to hydrolysis) is 6. The fourth-order valence-electron chi connectivity index (χ4n) is 9.91. The van der Waals surface area contributed by atoms with Crippen molar-refractivity contribution in [2.24, 2.45) is 21.7 Å². The average molecular weight is 1630 g/mol. The van der Waals surface area contributed by atoms with Gasteiger partial charge in [0.15, 0.2) is 5.78 Å². The van der Waals surface area contributed by atoms with Gasteiger partial charge in [0.25, 0.3) is 11.8 Å². The number of alkyl halides is 4. The van der Waals surface area contributed by atoms with E-state index in [2.05, 4.69) is 52.0 Å². The summed E-state index contributed by atoms with van der Waals surface area (Å²) in [6, 6.07) is -7.45. The maximum absolute atomic E-state index is 14.2. The molecule has 0 aromatic heterocycles. The molecule has 6 amide bonds. The molecular formula is C62H114F7N14O19RuS-. The zero-order chi connectivity index (χ0) is 80.9. The van der Waals surface area contributed by atoms with Crippen LogP contribution < -0.4 is 43.4 Å². The molecule has 33 nitrogen and oxygen atoms in total. The summed E-state index contributed by atoms with van der Waals surface area (Å²) in [5, 5.41) is 41.8. The van der Waals surface area contributed by atoms with Crippen LogP contribution in [0, 0.1) is 7.43 Å². The van der Waals surface area contributed by atoms with E-state index in [4.69, 9.17) is 65.2 Å². The second-order valence-corrected chi connectivity index (χ2v) is 33.5. The third-order valence-electron chi connectivity index (χ3n) is 13.7. The Labute approximate surface area is 608 Å². The van der Waals surface area contributed by atoms with Crippen molar-refractivity contribution in [3.63, 3.8) is 0 Å². The van der Waals surface area contributed by atoms with Crippen LogP contribution in [-0.2, 0) is 62.1 Å². The number of nitrogens with one attached hydrogen (secondary N) is 6. The topological polar surface area (TPSA) is 505 Å². The normalized spacial score (nSPS) is 25.3. The zero-order valence-corrected chi connectivity index (χ0v) is 65.7. The number of hydrogen-bond acceptors (Lipinski definition) is 23. The molecule has 12 atom stereocenters. The second kappa shape index (κ2) is 43.9. The van der Waals surface area contributed by atoms with Crippen LogP contribution in [0.1, 0.15) is 221 Å². The van der Waals surface area contributed by atoms with Crippen molar-refractivity contribution in [1.82, 2.24) is 31.9 Å². The monoisotopic (exact) mass is 1630 g/mol. The van der Waals surface area contributed by atoms with E-state index in [0.29, 0.717) is 64.2 Å². The first-order valence-electron chi connectivity index (χ1n) is 32.9. The van der Waals surface area contributed by atoms with Crippen molar-refractivity contribution >= 4 is 53.5 Å². The number of nitrogens with two attached hydrogens (primary N) is 2. The molecular weight excluding hydrogens is 1510 g/mol. The molecule has 0 heterocycles. The Morgan fingerprint density at radius 2 is 0.827 bits per heavy atom. The molecule has 0 radical (unpaired) electrons. The molecule has 5 saturated carbocycles. The molecule has 0 aromatic carbocycles. The van der Waals surface area contributed by atoms with E-state index in [9.17, 15) is 73.0 Å². The van der Waals surface area contributed by atoms with Crippen molar-refractivity contribution in [1.29, 1.82) is 0 Å². The van der Waals surface area contributed by atoms with Gasteiger partial charge in [-0.15, -0.1) is 11.7 Å². The molecule has 104 heavy (non-hydrogen) atoms. The van der Waals surface area contributed by atoms with Gasteiger partial charge in [-0.3, -0.25) is 4.79 Å². The standard InChI is InChI=1S/C16H28F2N2O4.C16H30N2O5.C16H28N2O5.C6H12F2N2.C6H10N6O.CH3F3S.CH3.4O.Ru/c1-14(2,3)23-12(21)19-10-8-7-9-16(17,18)11(10)20-13(22)24-15(4,5)6;2*1-15(2,3)22-13(20)17-10-8-7-9-11(19)12(10)18-14(21)23-16(4,5)6;7-6(8)3-1-2-4(9)5(6)10;7-11-9-4-2-1-3-5(13)6(4)10-12-8;1-5(2,3)4;;;;;;/h10-11H,7-9H2,1-6H3,(H,19,21)(H,20,22);10-12,19H,7-9H2,1-6H3,(H,17,20)(H,18,21);10,12H,7-9H2,1-6H3,(H,17,20)(H,18,21);4-5H,1-3,9-10H2;4-6,13H,1-3H2;1H3;1H3;;;;;/q;;;;;;-1;;;;;/t10-,11-;10-,11+,12-;10-,12-;4-,5-;4-,5+,6-;;;;;;;/m11111......./s1. The number of Topliss-reactive ketones (excluding diaryl/α,β-unsaturated/α-hetero) is 1. The zero-order valence-electron chi connectivity index (χ0n) is 63.1. The SMILES string of the molecule is CC(C)(C)OC(=O)N[C@@H]1CCCC(=O)[C@@H]1NC(=O)OC(C)(C)C.CC(C)(C)OC(=O)N[C@@H]1[C@H](NC(=O)OC(C)(C)C)CCCC1(F)F.CC(C)(C)OC(=O)N[C@H]1[C@@H](O)CCC[C@H]1NC(=O)OC(C)(C)C.CS(F)(F)F.N[C@@H]1CCCC(F)(F)[C@@H]1N.[CH3-].[N-]=[N+]=N[C@H]1[C@@H](O)CCC[C@H]1N=[N+]=[N-].[O]=[Ru](=[O])(=[O])=[O]. The van der Waals surface area contributed by atoms with Crippen LogP contribution in [0.15, 0.2) is 10.2 Å². The van der Waals surface area contributed by atoms with Gasteiger partial charge in [0.2, 0.25) is 11.2 Å². The number of aliphatic hydroxyl groups is 2. The first-order chi connectivity index (χ1) is 46.3. The molecule has 610 valence electrons. The summed E-state index contributed by atoms with van der Waals surface area (Å²) in [4.78, 5) is 88.8. The van der Waals surface area contributed by atoms with Crippen LogP contribution in [0.2, 0.25) is 0 Å². The van der Waals surface area contributed by atoms with E-state index in [-0.39, 0.29) is 38.7 Å². The summed E-state index contributed by atoms with van der Waals surface area (Å²) in [5.74, 6) is -6.00. The van der Waals surface area contributed by atoms with Crippen LogP contribution >= 0.6 is 11.2 Å². The van der Waals surface area contributed by atoms with Gasteiger partial charge in [-0.2, -0.15) is 0 Å². The summed E-state index contributed by atoms with van der Waals surface area (Å²) in [6.07, 6.45) is 1.51. The molecule has 0 aliphatic heterocycles. The van der Waals surface area contributed by atoms with Gasteiger partial charge in [-0.05, 0) is 206 Å². The average Bonchev–Trinajstić information content (AvgIpc) is 0.838. The molecule has 0 bridgehead atoms. The number of halogens is 7. The van der Waals surface area contributed by atoms with Crippen molar-refractivity contribution in [3.8, 4) is 0 Å². The molecule has 5 aliphatic rings. The summed E-state index contributed by atoms with van der Waals surface area (Å²) < 4.78 is 150. The van der Waals surface area contributed by atoms with Crippen LogP contribution in [0.25, 0.3) is 20.9 Å². The number of carbonyl (C=O) groups excluding carboxylic acids is 7. The van der Waals surface area contributed by atoms with Crippen molar-refractivity contribution < 1.29 is 130 Å². The first kappa shape index (κ1) is 102. The third kappa shape index (κ3) is 50.8. The Kier molecular flexibility index (Phi) is 42.9. The van der Waals surface area contributed by atoms with Crippen molar-refractivity contribution in [2.45, 2.75) is 339 Å². The first-order valence-corrected chi connectivity index (χ1v) is 37.5. The van der Waals surface area contributed by atoms with Gasteiger partial charge >= 0.3 is 65.4 Å². The number of carbonyl (C=O) groups is 7. The van der Waals surface area contributed by atoms with Crippen LogP contribution in [-0.4, -0.2) is 177 Å². The number of azide groups is 2. The van der Waals surface area contributed by atoms with Crippen LogP contribution in [0.3, 0.4) is 0 Å². The number of rotatable bonds is 8. The van der Waals surface area contributed by atoms with Gasteiger partial charge in [0.05, 0.1) is 48.5 Å².